The van der Waals surface area contributed by atoms with Crippen LogP contribution in [0.15, 0.2) is 48.7 Å². The van der Waals surface area contributed by atoms with Crippen LogP contribution in [0.3, 0.4) is 0 Å². The molecule has 188 valence electrons. The van der Waals surface area contributed by atoms with Crippen molar-refractivity contribution in [2.24, 2.45) is 0 Å². The fourth-order valence-corrected chi connectivity index (χ4v) is 4.01. The van der Waals surface area contributed by atoms with Crippen LogP contribution in [0.25, 0.3) is 0 Å². The van der Waals surface area contributed by atoms with Crippen molar-refractivity contribution < 1.29 is 23.1 Å². The molecule has 0 atom stereocenters. The number of imidazole rings is 1. The van der Waals surface area contributed by atoms with Crippen molar-refractivity contribution in [1.82, 2.24) is 9.13 Å². The van der Waals surface area contributed by atoms with Crippen LogP contribution in [-0.4, -0.2) is 20.0 Å². The molecule has 0 aliphatic heterocycles. The lowest BCUT2D eigenvalue weighted by molar-refractivity contribution is -0.143. The van der Waals surface area contributed by atoms with Gasteiger partial charge in [0.05, 0.1) is 13.1 Å². The Hall–Kier alpha value is -3.29. The molecule has 8 heteroatoms. The van der Waals surface area contributed by atoms with E-state index in [2.05, 4.69) is 0 Å². The Morgan fingerprint density at radius 2 is 1.46 bits per heavy atom. The largest absolute Gasteiger partial charge is 0.507 e. The lowest BCUT2D eigenvalue weighted by Crippen LogP contribution is -2.29. The molecule has 0 amide bonds. The number of phenols is 1. The van der Waals surface area contributed by atoms with Crippen LogP contribution in [-0.2, 0) is 30.1 Å². The predicted molar refractivity (Wildman–Crippen MR) is 129 cm³/mol. The normalized spacial score (nSPS) is 12.7. The molecule has 0 saturated carbocycles. The molecule has 0 radical (unpaired) electrons. The van der Waals surface area contributed by atoms with Gasteiger partial charge in [0, 0.05) is 22.9 Å². The number of hydrogen-bond donors (Lipinski definition) is 2. The third-order valence-corrected chi connectivity index (χ3v) is 5.93. The number of Topliss-reactive ketones (excluding diaryl/α,β-unsaturated/α-hetero) is 1. The first kappa shape index (κ1) is 26.3. The molecule has 35 heavy (non-hydrogen) atoms. The molecule has 2 N–H and O–H groups in total. The van der Waals surface area contributed by atoms with E-state index >= 15 is 0 Å². The molecule has 2 aromatic carbocycles. The van der Waals surface area contributed by atoms with Crippen molar-refractivity contribution >= 4 is 5.78 Å². The summed E-state index contributed by atoms with van der Waals surface area (Å²) in [6.45, 7) is 10.9. The van der Waals surface area contributed by atoms with E-state index in [-0.39, 0.29) is 17.9 Å². The number of alkyl halides is 3. The number of hydrogen-bond acceptors (Lipinski definition) is 3. The molecule has 0 fully saturated rings. The van der Waals surface area contributed by atoms with Gasteiger partial charge in [0.1, 0.15) is 11.4 Å². The summed E-state index contributed by atoms with van der Waals surface area (Å²) in [6, 6.07) is 11.8. The maximum atomic E-state index is 13.8. The summed E-state index contributed by atoms with van der Waals surface area (Å²) >= 11 is 0. The maximum absolute atomic E-state index is 13.8. The van der Waals surface area contributed by atoms with Crippen molar-refractivity contribution in [2.45, 2.75) is 71.6 Å². The summed E-state index contributed by atoms with van der Waals surface area (Å²) in [7, 11) is 0. The van der Waals surface area contributed by atoms with E-state index in [0.29, 0.717) is 16.7 Å². The number of nitrogens with zero attached hydrogens (tertiary/aromatic N) is 2. The Kier molecular flexibility index (Phi) is 6.81. The Morgan fingerprint density at radius 1 is 0.943 bits per heavy atom. The zero-order valence-electron chi connectivity index (χ0n) is 20.9. The summed E-state index contributed by atoms with van der Waals surface area (Å²) in [5.74, 6) is -0.325. The average molecular weight is 488 g/mol. The van der Waals surface area contributed by atoms with Crippen LogP contribution in [0, 0.1) is 5.41 Å². The number of nitrogens with one attached hydrogen (secondary N) is 1. The number of phenolic OH excluding ortho intramolecular Hbond substituents is 1. The van der Waals surface area contributed by atoms with Crippen molar-refractivity contribution in [3.8, 4) is 5.75 Å². The fourth-order valence-electron chi connectivity index (χ4n) is 4.01. The molecule has 0 unspecified atom stereocenters. The first-order valence-electron chi connectivity index (χ1n) is 11.4. The average Bonchev–Trinajstić information content (AvgIpc) is 3.03. The van der Waals surface area contributed by atoms with Gasteiger partial charge in [0.15, 0.2) is 5.78 Å². The summed E-state index contributed by atoms with van der Waals surface area (Å²) < 4.78 is 43.2. The molecule has 5 nitrogen and oxygen atoms in total. The van der Waals surface area contributed by atoms with Gasteiger partial charge in [-0.2, -0.15) is 13.2 Å². The minimum absolute atomic E-state index is 0.115. The van der Waals surface area contributed by atoms with Gasteiger partial charge >= 0.3 is 6.18 Å². The Balaban J connectivity index is 2.07. The van der Waals surface area contributed by atoms with E-state index in [0.717, 1.165) is 15.3 Å². The highest BCUT2D eigenvalue weighted by molar-refractivity contribution is 5.96. The smallest absolute Gasteiger partial charge is 0.432 e. The zero-order chi connectivity index (χ0) is 26.3. The number of carbonyl (C=O) groups is 1. The molecule has 0 bridgehead atoms. The molecule has 0 aliphatic carbocycles. The van der Waals surface area contributed by atoms with Crippen molar-refractivity contribution in [1.29, 1.82) is 5.41 Å². The quantitative estimate of drug-likeness (QED) is 0.432. The summed E-state index contributed by atoms with van der Waals surface area (Å²) in [5, 5.41) is 19.3. The van der Waals surface area contributed by atoms with Crippen LogP contribution >= 0.6 is 0 Å². The first-order chi connectivity index (χ1) is 16.0. The van der Waals surface area contributed by atoms with Gasteiger partial charge in [-0.15, -0.1) is 0 Å². The van der Waals surface area contributed by atoms with E-state index in [1.54, 1.807) is 42.5 Å². The minimum atomic E-state index is -4.68. The highest BCUT2D eigenvalue weighted by Crippen LogP contribution is 2.40. The molecular weight excluding hydrogens is 455 g/mol. The van der Waals surface area contributed by atoms with Crippen molar-refractivity contribution in [3.63, 3.8) is 0 Å². The van der Waals surface area contributed by atoms with Crippen molar-refractivity contribution in [3.05, 3.63) is 82.2 Å². The fraction of sp³-hybridized carbons (Fsp3) is 0.407. The Bertz CT molecular complexity index is 1250. The number of aromatic nitrogens is 2. The second kappa shape index (κ2) is 9.06. The van der Waals surface area contributed by atoms with Gasteiger partial charge in [0.25, 0.3) is 0 Å². The van der Waals surface area contributed by atoms with E-state index in [1.165, 1.54) is 0 Å². The lowest BCUT2D eigenvalue weighted by Gasteiger charge is -2.28. The van der Waals surface area contributed by atoms with E-state index in [4.69, 9.17) is 5.41 Å². The predicted octanol–water partition coefficient (Wildman–Crippen LogP) is 6.02. The van der Waals surface area contributed by atoms with Gasteiger partial charge in [-0.25, -0.2) is 0 Å². The molecule has 0 spiro atoms. The topological polar surface area (TPSA) is 71.0 Å². The zero-order valence-corrected chi connectivity index (χ0v) is 20.9. The summed E-state index contributed by atoms with van der Waals surface area (Å²) in [4.78, 5) is 13.3. The molecule has 3 rings (SSSR count). The number of benzene rings is 2. The van der Waals surface area contributed by atoms with Crippen LogP contribution in [0.4, 0.5) is 13.2 Å². The summed E-state index contributed by atoms with van der Waals surface area (Å²) in [6.07, 6.45) is -3.87. The van der Waals surface area contributed by atoms with Gasteiger partial charge in [-0.1, -0.05) is 71.9 Å². The molecular formula is C27H32F3N3O2. The molecule has 0 aliphatic rings. The second-order valence-electron chi connectivity index (χ2n) is 10.9. The number of rotatable bonds is 5. The number of ketones is 1. The van der Waals surface area contributed by atoms with Gasteiger partial charge in [-0.3, -0.25) is 10.2 Å². The van der Waals surface area contributed by atoms with Crippen molar-refractivity contribution in [2.75, 3.05) is 0 Å². The van der Waals surface area contributed by atoms with Gasteiger partial charge < -0.3 is 14.2 Å². The lowest BCUT2D eigenvalue weighted by atomic mass is 9.78. The second-order valence-corrected chi connectivity index (χ2v) is 10.9. The van der Waals surface area contributed by atoms with E-state index in [1.807, 2.05) is 41.5 Å². The standard InChI is InChI=1S/C27H32F3N3O2/c1-25(2,3)19-12-18(13-20(23(19)35)26(4,5)6)21(34)15-32-16-22(27(28,29)30)33(24(32)31)14-17-10-8-7-9-11-17/h7-13,16,31,35H,14-15H2,1-6H3. The SMILES string of the molecule is CC(C)(C)c1cc(C(=O)Cn2cc(C(F)(F)F)n(Cc3ccccc3)c2=N)cc(C(C)(C)C)c1O. The third-order valence-electron chi connectivity index (χ3n) is 5.93. The molecule has 0 saturated heterocycles. The van der Waals surface area contributed by atoms with E-state index < -0.39 is 40.6 Å². The van der Waals surface area contributed by atoms with Crippen LogP contribution < -0.4 is 5.62 Å². The van der Waals surface area contributed by atoms with Crippen LogP contribution in [0.2, 0.25) is 0 Å². The summed E-state index contributed by atoms with van der Waals surface area (Å²) in [5.41, 5.74) is -0.259. The number of aromatic hydroxyl groups is 1. The van der Waals surface area contributed by atoms with Gasteiger partial charge in [0.2, 0.25) is 5.62 Å². The molecule has 3 aromatic rings. The highest BCUT2D eigenvalue weighted by Gasteiger charge is 2.36. The third kappa shape index (κ3) is 5.69. The monoisotopic (exact) mass is 487 g/mol. The highest BCUT2D eigenvalue weighted by atomic mass is 19.4. The first-order valence-corrected chi connectivity index (χ1v) is 11.4. The molecule has 1 heterocycles. The van der Waals surface area contributed by atoms with Crippen LogP contribution in [0.5, 0.6) is 5.75 Å². The minimum Gasteiger partial charge on any atom is -0.507 e. The number of halogens is 3. The Morgan fingerprint density at radius 3 is 1.91 bits per heavy atom. The van der Waals surface area contributed by atoms with Crippen LogP contribution in [0.1, 0.15) is 74.3 Å². The Labute approximate surface area is 203 Å². The number of carbonyl (C=O) groups excluding carboxylic acids is 1. The molecule has 1 aromatic heterocycles. The maximum Gasteiger partial charge on any atom is 0.432 e. The van der Waals surface area contributed by atoms with Gasteiger partial charge in [-0.05, 0) is 28.5 Å². The van der Waals surface area contributed by atoms with E-state index in [9.17, 15) is 23.1 Å².